The van der Waals surface area contributed by atoms with Crippen molar-refractivity contribution in [2.45, 2.75) is 0 Å². The highest BCUT2D eigenvalue weighted by atomic mass is 35.5. The second-order valence-corrected chi connectivity index (χ2v) is 9.19. The van der Waals surface area contributed by atoms with Crippen LogP contribution in [0.3, 0.4) is 0 Å². The van der Waals surface area contributed by atoms with Crippen LogP contribution in [-0.2, 0) is 10.0 Å². The van der Waals surface area contributed by atoms with Crippen LogP contribution in [0.4, 0.5) is 17.2 Å². The lowest BCUT2D eigenvalue weighted by Crippen LogP contribution is -2.09. The number of aromatic hydroxyl groups is 1. The summed E-state index contributed by atoms with van der Waals surface area (Å²) in [6.07, 6.45) is 2.51. The quantitative estimate of drug-likeness (QED) is 0.371. The molecule has 0 bridgehead atoms. The number of hydrogen-bond donors (Lipinski definition) is 3. The number of benzene rings is 3. The zero-order valence-electron chi connectivity index (χ0n) is 17.1. The molecule has 3 N–H and O–H groups in total. The smallest absolute Gasteiger partial charge is 0.229 e. The molecule has 1 heterocycles. The number of fused-ring (bicyclic) bond motifs is 1. The third kappa shape index (κ3) is 4.68. The summed E-state index contributed by atoms with van der Waals surface area (Å²) in [7, 11) is -1.94. The van der Waals surface area contributed by atoms with E-state index in [4.69, 9.17) is 16.3 Å². The number of ether oxygens (including phenoxy) is 1. The Kier molecular flexibility index (Phi) is 5.77. The van der Waals surface area contributed by atoms with E-state index in [0.717, 1.165) is 22.8 Å². The monoisotopic (exact) mass is 470 g/mol. The maximum absolute atomic E-state index is 11.6. The van der Waals surface area contributed by atoms with Gasteiger partial charge in [0.25, 0.3) is 0 Å². The minimum absolute atomic E-state index is 0.0555. The summed E-state index contributed by atoms with van der Waals surface area (Å²) >= 11 is 6.32. The number of aromatic nitrogens is 2. The van der Waals surface area contributed by atoms with Gasteiger partial charge in [-0.15, -0.1) is 0 Å². The number of hydrogen-bond acceptors (Lipinski definition) is 7. The van der Waals surface area contributed by atoms with Crippen molar-refractivity contribution >= 4 is 49.7 Å². The molecule has 10 heteroatoms. The third-order valence-electron chi connectivity index (χ3n) is 4.67. The van der Waals surface area contributed by atoms with Gasteiger partial charge < -0.3 is 15.2 Å². The first kappa shape index (κ1) is 21.7. The summed E-state index contributed by atoms with van der Waals surface area (Å²) in [6.45, 7) is 0. The molecule has 3 aromatic carbocycles. The van der Waals surface area contributed by atoms with Gasteiger partial charge in [0, 0.05) is 5.39 Å². The lowest BCUT2D eigenvalue weighted by Gasteiger charge is -2.13. The van der Waals surface area contributed by atoms with Crippen molar-refractivity contribution in [1.29, 1.82) is 0 Å². The number of nitrogens with one attached hydrogen (secondary N) is 2. The van der Waals surface area contributed by atoms with Crippen LogP contribution < -0.4 is 14.8 Å². The Labute approximate surface area is 189 Å². The van der Waals surface area contributed by atoms with Gasteiger partial charge in [0.2, 0.25) is 10.0 Å². The maximum atomic E-state index is 11.6. The van der Waals surface area contributed by atoms with Crippen molar-refractivity contribution in [3.8, 4) is 22.6 Å². The van der Waals surface area contributed by atoms with Crippen LogP contribution in [0.25, 0.3) is 22.0 Å². The van der Waals surface area contributed by atoms with Crippen LogP contribution >= 0.6 is 11.6 Å². The van der Waals surface area contributed by atoms with Crippen LogP contribution in [0, 0.1) is 0 Å². The third-order valence-corrected chi connectivity index (χ3v) is 5.61. The van der Waals surface area contributed by atoms with Crippen molar-refractivity contribution < 1.29 is 18.3 Å². The van der Waals surface area contributed by atoms with Gasteiger partial charge in [0.1, 0.15) is 12.1 Å². The number of halogens is 1. The molecule has 0 saturated heterocycles. The van der Waals surface area contributed by atoms with Gasteiger partial charge >= 0.3 is 0 Å². The van der Waals surface area contributed by atoms with Gasteiger partial charge in [0.15, 0.2) is 11.5 Å². The molecule has 4 rings (SSSR count). The predicted molar refractivity (Wildman–Crippen MR) is 126 cm³/mol. The largest absolute Gasteiger partial charge is 0.504 e. The molecule has 32 heavy (non-hydrogen) atoms. The molecule has 0 unspecified atom stereocenters. The SMILES string of the molecule is COc1cc(-c2ccc3ncnc(Nc4cc(NS(C)(=O)=O)ccc4Cl)c3c2)ccc1O. The summed E-state index contributed by atoms with van der Waals surface area (Å²) in [6, 6.07) is 15.5. The van der Waals surface area contributed by atoms with E-state index in [-0.39, 0.29) is 5.75 Å². The fourth-order valence-corrected chi connectivity index (χ4v) is 3.94. The Morgan fingerprint density at radius 1 is 1.00 bits per heavy atom. The van der Waals surface area contributed by atoms with E-state index in [1.54, 1.807) is 36.4 Å². The van der Waals surface area contributed by atoms with Crippen LogP contribution in [0.1, 0.15) is 0 Å². The molecule has 164 valence electrons. The lowest BCUT2D eigenvalue weighted by atomic mass is 10.0. The van der Waals surface area contributed by atoms with E-state index >= 15 is 0 Å². The van der Waals surface area contributed by atoms with E-state index < -0.39 is 10.0 Å². The van der Waals surface area contributed by atoms with E-state index in [0.29, 0.717) is 33.5 Å². The number of rotatable bonds is 6. The van der Waals surface area contributed by atoms with Gasteiger partial charge in [-0.1, -0.05) is 23.7 Å². The van der Waals surface area contributed by atoms with E-state index in [9.17, 15) is 13.5 Å². The fourth-order valence-electron chi connectivity index (χ4n) is 3.22. The summed E-state index contributed by atoms with van der Waals surface area (Å²) in [5, 5.41) is 14.2. The first-order valence-corrected chi connectivity index (χ1v) is 11.7. The molecule has 0 radical (unpaired) electrons. The van der Waals surface area contributed by atoms with E-state index in [1.807, 2.05) is 18.2 Å². The topological polar surface area (TPSA) is 113 Å². The van der Waals surface area contributed by atoms with Crippen molar-refractivity contribution in [3.63, 3.8) is 0 Å². The normalized spacial score (nSPS) is 11.3. The highest BCUT2D eigenvalue weighted by molar-refractivity contribution is 7.92. The molecule has 4 aromatic rings. The van der Waals surface area contributed by atoms with E-state index in [2.05, 4.69) is 20.0 Å². The second-order valence-electron chi connectivity index (χ2n) is 7.03. The highest BCUT2D eigenvalue weighted by Gasteiger charge is 2.11. The minimum atomic E-state index is -3.43. The lowest BCUT2D eigenvalue weighted by molar-refractivity contribution is 0.373. The first-order chi connectivity index (χ1) is 15.2. The number of nitrogens with zero attached hydrogens (tertiary/aromatic N) is 2. The fraction of sp³-hybridized carbons (Fsp3) is 0.0909. The Hall–Kier alpha value is -3.56. The summed E-state index contributed by atoms with van der Waals surface area (Å²) in [4.78, 5) is 8.66. The Bertz CT molecular complexity index is 1430. The molecule has 8 nitrogen and oxygen atoms in total. The number of methoxy groups -OCH3 is 1. The Balaban J connectivity index is 1.76. The zero-order valence-corrected chi connectivity index (χ0v) is 18.7. The molecule has 0 aliphatic rings. The molecule has 0 amide bonds. The van der Waals surface area contributed by atoms with Crippen LogP contribution in [0.15, 0.2) is 60.9 Å². The molecule has 0 fully saturated rings. The molecule has 0 atom stereocenters. The average Bonchev–Trinajstić information content (AvgIpc) is 2.75. The number of sulfonamides is 1. The van der Waals surface area contributed by atoms with Gasteiger partial charge in [0.05, 0.1) is 35.3 Å². The summed E-state index contributed by atoms with van der Waals surface area (Å²) < 4.78 is 30.8. The highest BCUT2D eigenvalue weighted by Crippen LogP contribution is 2.35. The molecule has 0 saturated carbocycles. The number of anilines is 3. The number of phenols is 1. The Morgan fingerprint density at radius 3 is 2.50 bits per heavy atom. The van der Waals surface area contributed by atoms with E-state index in [1.165, 1.54) is 13.4 Å². The molecule has 0 spiro atoms. The van der Waals surface area contributed by atoms with Crippen molar-refractivity contribution in [2.24, 2.45) is 0 Å². The summed E-state index contributed by atoms with van der Waals surface area (Å²) in [5.74, 6) is 0.924. The molecule has 0 aliphatic carbocycles. The second kappa shape index (κ2) is 8.52. The molecular formula is C22H19ClN4O4S. The van der Waals surface area contributed by atoms with Crippen molar-refractivity contribution in [2.75, 3.05) is 23.4 Å². The molecular weight excluding hydrogens is 452 g/mol. The first-order valence-electron chi connectivity index (χ1n) is 9.40. The zero-order chi connectivity index (χ0) is 22.9. The average molecular weight is 471 g/mol. The van der Waals surface area contributed by atoms with Crippen molar-refractivity contribution in [1.82, 2.24) is 9.97 Å². The van der Waals surface area contributed by atoms with Crippen LogP contribution in [0.2, 0.25) is 5.02 Å². The van der Waals surface area contributed by atoms with Gasteiger partial charge in [-0.05, 0) is 53.6 Å². The molecule has 1 aromatic heterocycles. The minimum Gasteiger partial charge on any atom is -0.504 e. The van der Waals surface area contributed by atoms with Gasteiger partial charge in [-0.2, -0.15) is 0 Å². The Morgan fingerprint density at radius 2 is 1.75 bits per heavy atom. The van der Waals surface area contributed by atoms with Gasteiger partial charge in [-0.3, -0.25) is 4.72 Å². The van der Waals surface area contributed by atoms with Crippen molar-refractivity contribution in [3.05, 3.63) is 65.9 Å². The van der Waals surface area contributed by atoms with Gasteiger partial charge in [-0.25, -0.2) is 18.4 Å². The van der Waals surface area contributed by atoms with Crippen LogP contribution in [0.5, 0.6) is 11.5 Å². The standard InChI is InChI=1S/C22H19ClN4O4S/c1-31-21-10-14(4-8-20(21)28)13-3-7-18-16(9-13)22(25-12-24-18)26-19-11-15(5-6-17(19)23)27-32(2,29)30/h3-12,27-28H,1-2H3,(H,24,25,26). The molecule has 0 aliphatic heterocycles. The summed E-state index contributed by atoms with van der Waals surface area (Å²) in [5.41, 5.74) is 3.27. The predicted octanol–water partition coefficient (Wildman–Crippen LogP) is 4.78. The maximum Gasteiger partial charge on any atom is 0.229 e. The number of phenolic OH excluding ortho intramolecular Hbond substituents is 1. The van der Waals surface area contributed by atoms with Crippen LogP contribution in [-0.4, -0.2) is 36.9 Å².